The Morgan fingerprint density at radius 2 is 1.43 bits per heavy atom. The van der Waals surface area contributed by atoms with Gasteiger partial charge in [-0.1, -0.05) is 25.1 Å². The fraction of sp³-hybridized carbons (Fsp3) is 0.462. The number of carbonyl (C=O) groups excluding carboxylic acids is 1. The van der Waals surface area contributed by atoms with Crippen LogP contribution in [0.5, 0.6) is 0 Å². The molecule has 0 fully saturated rings. The van der Waals surface area contributed by atoms with Crippen LogP contribution < -0.4 is 4.90 Å². The van der Waals surface area contributed by atoms with Crippen LogP contribution in [0.2, 0.25) is 0 Å². The molecule has 0 aliphatic rings. The lowest BCUT2D eigenvalue weighted by atomic mass is 9.81. The second kappa shape index (κ2) is 5.57. The van der Waals surface area contributed by atoms with Gasteiger partial charge in [0.2, 0.25) is 5.41 Å². The highest BCUT2D eigenvalue weighted by Crippen LogP contribution is 2.53. The highest BCUT2D eigenvalue weighted by atomic mass is 19.4. The first-order valence-electron chi connectivity index (χ1n) is 5.95. The van der Waals surface area contributed by atoms with Crippen molar-refractivity contribution in [2.75, 3.05) is 11.9 Å². The van der Waals surface area contributed by atoms with Gasteiger partial charge in [0.05, 0.1) is 0 Å². The van der Waals surface area contributed by atoms with E-state index in [0.717, 1.165) is 7.05 Å². The molecule has 0 heterocycles. The molecule has 0 N–H and O–H groups in total. The summed E-state index contributed by atoms with van der Waals surface area (Å²) in [6.45, 7) is 0.692. The van der Waals surface area contributed by atoms with E-state index in [9.17, 15) is 31.1 Å². The highest BCUT2D eigenvalue weighted by Gasteiger charge is 2.74. The van der Waals surface area contributed by atoms with Crippen molar-refractivity contribution >= 4 is 11.6 Å². The number of halogens is 6. The molecule has 0 saturated carbocycles. The zero-order chi connectivity index (χ0) is 16.5. The number of hydrogen-bond donors (Lipinski definition) is 0. The molecule has 0 saturated heterocycles. The van der Waals surface area contributed by atoms with Crippen molar-refractivity contribution in [1.82, 2.24) is 0 Å². The van der Waals surface area contributed by atoms with Gasteiger partial charge in [-0.05, 0) is 18.6 Å². The van der Waals surface area contributed by atoms with E-state index in [4.69, 9.17) is 0 Å². The summed E-state index contributed by atoms with van der Waals surface area (Å²) in [7, 11) is 0.888. The SMILES string of the molecule is CCC(C(=O)N(C)c1ccccc1)(C(F)(F)F)C(F)(F)F. The first-order valence-corrected chi connectivity index (χ1v) is 5.95. The van der Waals surface area contributed by atoms with Crippen LogP contribution in [0.1, 0.15) is 13.3 Å². The summed E-state index contributed by atoms with van der Waals surface area (Å²) in [6.07, 6.45) is -12.9. The maximum Gasteiger partial charge on any atom is 0.412 e. The smallest absolute Gasteiger partial charge is 0.314 e. The Labute approximate surface area is 117 Å². The van der Waals surface area contributed by atoms with Crippen LogP contribution >= 0.6 is 0 Å². The van der Waals surface area contributed by atoms with Crippen LogP contribution in [-0.2, 0) is 4.79 Å². The molecule has 21 heavy (non-hydrogen) atoms. The molecule has 0 aliphatic heterocycles. The number of carbonyl (C=O) groups is 1. The lowest BCUT2D eigenvalue weighted by Crippen LogP contribution is -2.59. The van der Waals surface area contributed by atoms with Gasteiger partial charge in [-0.3, -0.25) is 4.79 Å². The maximum atomic E-state index is 13.0. The first kappa shape index (κ1) is 17.3. The second-order valence-electron chi connectivity index (χ2n) is 4.45. The zero-order valence-electron chi connectivity index (χ0n) is 11.2. The van der Waals surface area contributed by atoms with Gasteiger partial charge in [-0.2, -0.15) is 26.3 Å². The van der Waals surface area contributed by atoms with Crippen LogP contribution in [0.4, 0.5) is 32.0 Å². The second-order valence-corrected chi connectivity index (χ2v) is 4.45. The fourth-order valence-electron chi connectivity index (χ4n) is 2.01. The van der Waals surface area contributed by atoms with E-state index in [1.165, 1.54) is 30.3 Å². The predicted molar refractivity (Wildman–Crippen MR) is 64.7 cm³/mol. The minimum absolute atomic E-state index is 0.0474. The Kier molecular flexibility index (Phi) is 4.60. The topological polar surface area (TPSA) is 20.3 Å². The van der Waals surface area contributed by atoms with Crippen molar-refractivity contribution in [1.29, 1.82) is 0 Å². The van der Waals surface area contributed by atoms with E-state index in [2.05, 4.69) is 0 Å². The number of nitrogens with zero attached hydrogens (tertiary/aromatic N) is 1. The average molecular weight is 313 g/mol. The highest BCUT2D eigenvalue weighted by molar-refractivity contribution is 5.98. The van der Waals surface area contributed by atoms with Crippen LogP contribution in [0.3, 0.4) is 0 Å². The number of anilines is 1. The van der Waals surface area contributed by atoms with Gasteiger partial charge in [-0.15, -0.1) is 0 Å². The average Bonchev–Trinajstić information content (AvgIpc) is 2.36. The molecule has 0 bridgehead atoms. The fourth-order valence-corrected chi connectivity index (χ4v) is 2.01. The largest absolute Gasteiger partial charge is 0.412 e. The minimum Gasteiger partial charge on any atom is -0.314 e. The number of alkyl halides is 6. The van der Waals surface area contributed by atoms with Crippen molar-refractivity contribution in [3.63, 3.8) is 0 Å². The van der Waals surface area contributed by atoms with E-state index < -0.39 is 30.1 Å². The Bertz CT molecular complexity index is 480. The molecule has 118 valence electrons. The quantitative estimate of drug-likeness (QED) is 0.767. The third kappa shape index (κ3) is 2.84. The van der Waals surface area contributed by atoms with Crippen molar-refractivity contribution in [2.45, 2.75) is 25.7 Å². The molecular formula is C13H13F6NO. The van der Waals surface area contributed by atoms with Crippen molar-refractivity contribution in [2.24, 2.45) is 5.41 Å². The minimum atomic E-state index is -5.74. The molecule has 1 rings (SSSR count). The zero-order valence-corrected chi connectivity index (χ0v) is 11.2. The lowest BCUT2D eigenvalue weighted by Gasteiger charge is -2.37. The molecule has 1 amide bonds. The Morgan fingerprint density at radius 1 is 1.00 bits per heavy atom. The van der Waals surface area contributed by atoms with E-state index >= 15 is 0 Å². The number of amides is 1. The van der Waals surface area contributed by atoms with Crippen molar-refractivity contribution in [3.05, 3.63) is 30.3 Å². The molecule has 0 atom stereocenters. The lowest BCUT2D eigenvalue weighted by molar-refractivity contribution is -0.325. The Morgan fingerprint density at radius 3 is 1.76 bits per heavy atom. The van der Waals surface area contributed by atoms with E-state index in [1.807, 2.05) is 0 Å². The number of rotatable bonds is 3. The summed E-state index contributed by atoms with van der Waals surface area (Å²) in [6, 6.07) is 6.86. The Balaban J connectivity index is 3.38. The summed E-state index contributed by atoms with van der Waals surface area (Å²) in [5, 5.41) is 0. The van der Waals surface area contributed by atoms with Gasteiger partial charge in [0, 0.05) is 12.7 Å². The molecule has 8 heteroatoms. The van der Waals surface area contributed by atoms with Crippen molar-refractivity contribution < 1.29 is 31.1 Å². The predicted octanol–water partition coefficient (Wildman–Crippen LogP) is 4.17. The summed E-state index contributed by atoms with van der Waals surface area (Å²) < 4.78 is 78.2. The van der Waals surface area contributed by atoms with Gasteiger partial charge in [-0.25, -0.2) is 0 Å². The molecule has 1 aromatic carbocycles. The van der Waals surface area contributed by atoms with Gasteiger partial charge in [0.1, 0.15) is 0 Å². The molecule has 2 nitrogen and oxygen atoms in total. The van der Waals surface area contributed by atoms with Gasteiger partial charge < -0.3 is 4.90 Å². The third-order valence-corrected chi connectivity index (χ3v) is 3.31. The normalized spacial score (nSPS) is 13.1. The van der Waals surface area contributed by atoms with Crippen LogP contribution in [-0.4, -0.2) is 25.3 Å². The third-order valence-electron chi connectivity index (χ3n) is 3.31. The molecular weight excluding hydrogens is 300 g/mol. The molecule has 0 unspecified atom stereocenters. The van der Waals surface area contributed by atoms with Crippen LogP contribution in [0.15, 0.2) is 30.3 Å². The van der Waals surface area contributed by atoms with Gasteiger partial charge >= 0.3 is 12.4 Å². The summed E-state index contributed by atoms with van der Waals surface area (Å²) >= 11 is 0. The summed E-state index contributed by atoms with van der Waals surface area (Å²) in [5.41, 5.74) is -4.46. The molecule has 1 aromatic rings. The maximum absolute atomic E-state index is 13.0. The van der Waals surface area contributed by atoms with Crippen LogP contribution in [0.25, 0.3) is 0 Å². The molecule has 0 spiro atoms. The summed E-state index contributed by atoms with van der Waals surface area (Å²) in [4.78, 5) is 12.4. The van der Waals surface area contributed by atoms with Crippen LogP contribution in [0, 0.1) is 5.41 Å². The number of hydrogen-bond acceptors (Lipinski definition) is 1. The molecule has 0 aromatic heterocycles. The Hall–Kier alpha value is -1.73. The number of para-hydroxylation sites is 1. The molecule has 0 aliphatic carbocycles. The summed E-state index contributed by atoms with van der Waals surface area (Å²) in [5.74, 6) is -2.05. The monoisotopic (exact) mass is 313 g/mol. The first-order chi connectivity index (χ1) is 9.49. The van der Waals surface area contributed by atoms with Gasteiger partial charge in [0.15, 0.2) is 0 Å². The van der Waals surface area contributed by atoms with E-state index in [-0.39, 0.29) is 5.69 Å². The van der Waals surface area contributed by atoms with Gasteiger partial charge in [0.25, 0.3) is 5.91 Å². The van der Waals surface area contributed by atoms with E-state index in [1.54, 1.807) is 0 Å². The standard InChI is InChI=1S/C13H13F6NO/c1-3-11(12(14,15)16,13(17,18)19)10(21)20(2)9-7-5-4-6-8-9/h4-8H,3H2,1-2H3. The number of benzene rings is 1. The molecule has 0 radical (unpaired) electrons. The van der Waals surface area contributed by atoms with E-state index in [0.29, 0.717) is 11.8 Å². The van der Waals surface area contributed by atoms with Crippen molar-refractivity contribution in [3.8, 4) is 0 Å².